The normalized spacial score (nSPS) is 17.1. The van der Waals surface area contributed by atoms with Crippen molar-refractivity contribution >= 4 is 21.6 Å². The molecule has 0 aliphatic carbocycles. The molecule has 2 aromatic rings. The number of hydrogen-bond acceptors (Lipinski definition) is 4. The van der Waals surface area contributed by atoms with Crippen molar-refractivity contribution in [1.82, 2.24) is 19.3 Å². The SMILES string of the molecule is O=S(=O)(c1ccc(F)c(Cl)c1)N1CC(n2ccnn2)C1. The van der Waals surface area contributed by atoms with E-state index in [1.807, 2.05) is 0 Å². The van der Waals surface area contributed by atoms with Gasteiger partial charge in [0, 0.05) is 19.3 Å². The maximum Gasteiger partial charge on any atom is 0.243 e. The van der Waals surface area contributed by atoms with Gasteiger partial charge in [0.05, 0.1) is 22.2 Å². The molecule has 1 aliphatic rings. The highest BCUT2D eigenvalue weighted by molar-refractivity contribution is 7.89. The zero-order chi connectivity index (χ0) is 14.3. The van der Waals surface area contributed by atoms with Crippen molar-refractivity contribution in [2.45, 2.75) is 10.9 Å². The highest BCUT2D eigenvalue weighted by atomic mass is 35.5. The van der Waals surface area contributed by atoms with Gasteiger partial charge in [-0.25, -0.2) is 17.5 Å². The van der Waals surface area contributed by atoms with Crippen molar-refractivity contribution in [2.75, 3.05) is 13.1 Å². The molecule has 0 radical (unpaired) electrons. The second-order valence-electron chi connectivity index (χ2n) is 4.43. The van der Waals surface area contributed by atoms with E-state index < -0.39 is 15.8 Å². The van der Waals surface area contributed by atoms with Gasteiger partial charge in [-0.05, 0) is 18.2 Å². The Kier molecular flexibility index (Phi) is 3.23. The zero-order valence-corrected chi connectivity index (χ0v) is 11.7. The Balaban J connectivity index is 1.79. The number of benzene rings is 1. The first kappa shape index (κ1) is 13.5. The van der Waals surface area contributed by atoms with Crippen molar-refractivity contribution < 1.29 is 12.8 Å². The molecule has 3 rings (SSSR count). The number of aromatic nitrogens is 3. The van der Waals surface area contributed by atoms with Gasteiger partial charge < -0.3 is 0 Å². The van der Waals surface area contributed by atoms with E-state index in [0.717, 1.165) is 12.1 Å². The molecule has 9 heteroatoms. The van der Waals surface area contributed by atoms with Gasteiger partial charge in [-0.1, -0.05) is 16.8 Å². The lowest BCUT2D eigenvalue weighted by Gasteiger charge is -2.37. The number of halogens is 2. The van der Waals surface area contributed by atoms with Crippen LogP contribution in [-0.2, 0) is 10.0 Å². The highest BCUT2D eigenvalue weighted by Gasteiger charge is 2.38. The van der Waals surface area contributed by atoms with Crippen LogP contribution in [0.1, 0.15) is 6.04 Å². The fourth-order valence-electron chi connectivity index (χ4n) is 1.98. The summed E-state index contributed by atoms with van der Waals surface area (Å²) in [5.41, 5.74) is 0. The molecule has 0 spiro atoms. The molecule has 0 bridgehead atoms. The second-order valence-corrected chi connectivity index (χ2v) is 6.78. The van der Waals surface area contributed by atoms with E-state index in [-0.39, 0.29) is 16.0 Å². The van der Waals surface area contributed by atoms with Crippen LogP contribution in [0.3, 0.4) is 0 Å². The average molecular weight is 317 g/mol. The monoisotopic (exact) mass is 316 g/mol. The van der Waals surface area contributed by atoms with Crippen molar-refractivity contribution in [3.63, 3.8) is 0 Å². The lowest BCUT2D eigenvalue weighted by molar-refractivity contribution is 0.189. The van der Waals surface area contributed by atoms with Crippen LogP contribution in [0.5, 0.6) is 0 Å². The Labute approximate surface area is 119 Å². The number of rotatable bonds is 3. The zero-order valence-electron chi connectivity index (χ0n) is 10.1. The van der Waals surface area contributed by atoms with Gasteiger partial charge in [0.15, 0.2) is 0 Å². The van der Waals surface area contributed by atoms with Crippen molar-refractivity contribution in [1.29, 1.82) is 0 Å². The van der Waals surface area contributed by atoms with Crippen LogP contribution in [0.4, 0.5) is 4.39 Å². The molecule has 0 atom stereocenters. The van der Waals surface area contributed by atoms with Crippen LogP contribution in [0, 0.1) is 5.82 Å². The van der Waals surface area contributed by atoms with E-state index in [4.69, 9.17) is 11.6 Å². The summed E-state index contributed by atoms with van der Waals surface area (Å²) >= 11 is 5.62. The van der Waals surface area contributed by atoms with Crippen molar-refractivity contribution in [3.05, 3.63) is 41.4 Å². The summed E-state index contributed by atoms with van der Waals surface area (Å²) in [4.78, 5) is -0.0130. The summed E-state index contributed by atoms with van der Waals surface area (Å²) < 4.78 is 40.6. The van der Waals surface area contributed by atoms with E-state index >= 15 is 0 Å². The predicted octanol–water partition coefficient (Wildman–Crippen LogP) is 1.32. The lowest BCUT2D eigenvalue weighted by atomic mass is 10.2. The maximum atomic E-state index is 13.1. The molecule has 20 heavy (non-hydrogen) atoms. The van der Waals surface area contributed by atoms with Crippen molar-refractivity contribution in [2.24, 2.45) is 0 Å². The van der Waals surface area contributed by atoms with Crippen LogP contribution >= 0.6 is 11.6 Å². The standard InChI is InChI=1S/C11H10ClFN4O2S/c12-10-5-9(1-2-11(10)13)20(18,19)16-6-8(7-16)17-4-3-14-15-17/h1-5,8H,6-7H2. The molecule has 0 unspecified atom stereocenters. The van der Waals surface area contributed by atoms with E-state index in [2.05, 4.69) is 10.3 Å². The minimum Gasteiger partial charge on any atom is -0.247 e. The minimum atomic E-state index is -3.64. The molecule has 1 aromatic heterocycles. The largest absolute Gasteiger partial charge is 0.247 e. The molecule has 2 heterocycles. The number of sulfonamides is 1. The van der Waals surface area contributed by atoms with Crippen molar-refractivity contribution in [3.8, 4) is 0 Å². The summed E-state index contributed by atoms with van der Waals surface area (Å²) in [6, 6.07) is 3.35. The highest BCUT2D eigenvalue weighted by Crippen LogP contribution is 2.29. The predicted molar refractivity (Wildman–Crippen MR) is 69.2 cm³/mol. The van der Waals surface area contributed by atoms with Crippen LogP contribution < -0.4 is 0 Å². The third-order valence-corrected chi connectivity index (χ3v) is 5.29. The van der Waals surface area contributed by atoms with Gasteiger partial charge in [0.1, 0.15) is 5.82 Å². The molecule has 0 saturated carbocycles. The molecule has 6 nitrogen and oxygen atoms in total. The Hall–Kier alpha value is -1.51. The van der Waals surface area contributed by atoms with Gasteiger partial charge in [-0.2, -0.15) is 4.31 Å². The number of nitrogens with zero attached hydrogens (tertiary/aromatic N) is 4. The molecule has 0 N–H and O–H groups in total. The smallest absolute Gasteiger partial charge is 0.243 e. The Morgan fingerprint density at radius 1 is 1.35 bits per heavy atom. The maximum absolute atomic E-state index is 13.1. The third kappa shape index (κ3) is 2.19. The molecule has 106 valence electrons. The van der Waals surface area contributed by atoms with Gasteiger partial charge in [0.2, 0.25) is 10.0 Å². The first-order chi connectivity index (χ1) is 9.48. The first-order valence-corrected chi connectivity index (χ1v) is 7.61. The molecule has 1 aromatic carbocycles. The third-order valence-electron chi connectivity index (χ3n) is 3.17. The van der Waals surface area contributed by atoms with Crippen LogP contribution in [0.2, 0.25) is 5.02 Å². The van der Waals surface area contributed by atoms with E-state index in [9.17, 15) is 12.8 Å². The van der Waals surface area contributed by atoms with Crippen LogP contribution in [-0.4, -0.2) is 40.8 Å². The summed E-state index contributed by atoms with van der Waals surface area (Å²) in [5, 5.41) is 7.30. The quantitative estimate of drug-likeness (QED) is 0.856. The summed E-state index contributed by atoms with van der Waals surface area (Å²) in [5.74, 6) is -0.644. The average Bonchev–Trinajstić information content (AvgIpc) is 2.84. The molecule has 1 saturated heterocycles. The number of hydrogen-bond donors (Lipinski definition) is 0. The summed E-state index contributed by atoms with van der Waals surface area (Å²) in [6.45, 7) is 0.612. The molecular weight excluding hydrogens is 307 g/mol. The van der Waals surface area contributed by atoms with Gasteiger partial charge in [0.25, 0.3) is 0 Å². The van der Waals surface area contributed by atoms with Gasteiger partial charge >= 0.3 is 0 Å². The van der Waals surface area contributed by atoms with Gasteiger partial charge in [-0.15, -0.1) is 5.10 Å². The second kappa shape index (κ2) is 4.80. The summed E-state index contributed by atoms with van der Waals surface area (Å²) in [6.07, 6.45) is 3.22. The first-order valence-electron chi connectivity index (χ1n) is 5.79. The molecule has 1 fully saturated rings. The Morgan fingerprint density at radius 2 is 2.10 bits per heavy atom. The molecule has 0 amide bonds. The molecular formula is C11H10ClFN4O2S. The van der Waals surface area contributed by atoms with E-state index in [1.54, 1.807) is 10.9 Å². The van der Waals surface area contributed by atoms with E-state index in [1.165, 1.54) is 16.6 Å². The summed E-state index contributed by atoms with van der Waals surface area (Å²) in [7, 11) is -3.64. The van der Waals surface area contributed by atoms with Gasteiger partial charge in [-0.3, -0.25) is 0 Å². The van der Waals surface area contributed by atoms with Crippen LogP contribution in [0.15, 0.2) is 35.5 Å². The Morgan fingerprint density at radius 3 is 2.70 bits per heavy atom. The minimum absolute atomic E-state index is 0.0130. The topological polar surface area (TPSA) is 68.1 Å². The lowest BCUT2D eigenvalue weighted by Crippen LogP contribution is -2.50. The Bertz CT molecular complexity index is 729. The molecule has 1 aliphatic heterocycles. The fraction of sp³-hybridized carbons (Fsp3) is 0.273. The fourth-order valence-corrected chi connectivity index (χ4v) is 3.77. The van der Waals surface area contributed by atoms with Crippen LogP contribution in [0.25, 0.3) is 0 Å². The van der Waals surface area contributed by atoms with E-state index in [0.29, 0.717) is 13.1 Å².